The van der Waals surface area contributed by atoms with Gasteiger partial charge in [-0.3, -0.25) is 19.6 Å². The summed E-state index contributed by atoms with van der Waals surface area (Å²) in [6.45, 7) is 4.61. The standard InChI is InChI=1S/C27H46N6O4/c1-32(2,3)18-12-16-30-22-20(24(34)26(22)36)28-14-10-8-7-9-11-15-29-21-23(27(37)25(21)35)31-17-13-19-33(4,5)6/h7-19H2,1-6H3,(H2-2,28,29,30,31,34,35,36,37)/p+2. The lowest BCUT2D eigenvalue weighted by Gasteiger charge is -2.23. The molecule has 0 saturated carbocycles. The minimum absolute atomic E-state index is 0.361. The lowest BCUT2D eigenvalue weighted by atomic mass is 10.1. The maximum Gasteiger partial charge on any atom is 0.208 e. The zero-order valence-electron chi connectivity index (χ0n) is 23.8. The fourth-order valence-corrected chi connectivity index (χ4v) is 4.27. The number of rotatable bonds is 18. The van der Waals surface area contributed by atoms with Crippen molar-refractivity contribution in [3.05, 3.63) is 31.2 Å². The molecule has 0 radical (unpaired) electrons. The van der Waals surface area contributed by atoms with Crippen LogP contribution in [0.25, 0.3) is 0 Å². The molecule has 0 bridgehead atoms. The molecule has 0 unspecified atom stereocenters. The number of unbranched alkanes of at least 4 members (excludes halogenated alkanes) is 4. The Kier molecular flexibility index (Phi) is 11.6. The lowest BCUT2D eigenvalue weighted by molar-refractivity contribution is -0.870. The summed E-state index contributed by atoms with van der Waals surface area (Å²) in [6.07, 6.45) is 6.81. The number of hydrogen-bond donors (Lipinski definition) is 2. The molecule has 0 saturated heterocycles. The first-order valence-electron chi connectivity index (χ1n) is 13.6. The third kappa shape index (κ3) is 10.1. The maximum absolute atomic E-state index is 11.9. The summed E-state index contributed by atoms with van der Waals surface area (Å²) < 4.78 is 1.70. The van der Waals surface area contributed by atoms with Crippen molar-refractivity contribution in [2.24, 2.45) is 9.98 Å². The van der Waals surface area contributed by atoms with E-state index in [4.69, 9.17) is 0 Å². The van der Waals surface area contributed by atoms with Gasteiger partial charge in [0.25, 0.3) is 0 Å². The van der Waals surface area contributed by atoms with Gasteiger partial charge in [-0.25, -0.2) is 0 Å². The molecule has 2 rings (SSSR count). The molecule has 0 aliphatic heterocycles. The molecule has 208 valence electrons. The van der Waals surface area contributed by atoms with Crippen LogP contribution in [-0.4, -0.2) is 90.5 Å². The van der Waals surface area contributed by atoms with E-state index < -0.39 is 22.4 Å². The van der Waals surface area contributed by atoms with Gasteiger partial charge in [0.1, 0.15) is 0 Å². The van der Waals surface area contributed by atoms with E-state index in [1.54, 1.807) is 0 Å². The largest absolute Gasteiger partial charge is 0.866 e. The Balaban J connectivity index is 1.62. The van der Waals surface area contributed by atoms with Gasteiger partial charge in [-0.2, -0.15) is 0 Å². The predicted molar refractivity (Wildman–Crippen MR) is 141 cm³/mol. The van der Waals surface area contributed by atoms with E-state index in [2.05, 4.69) is 52.3 Å². The first kappa shape index (κ1) is 30.8. The van der Waals surface area contributed by atoms with Gasteiger partial charge in [0.05, 0.1) is 68.5 Å². The van der Waals surface area contributed by atoms with Crippen molar-refractivity contribution >= 4 is 11.4 Å². The van der Waals surface area contributed by atoms with Crippen LogP contribution in [0.5, 0.6) is 11.5 Å². The third-order valence-electron chi connectivity index (χ3n) is 6.46. The summed E-state index contributed by atoms with van der Waals surface area (Å²) in [5.74, 6) is -0.808. The molecule has 0 fully saturated rings. The summed E-state index contributed by atoms with van der Waals surface area (Å²) in [5, 5.41) is 28.3. The predicted octanol–water partition coefficient (Wildman–Crippen LogP) is -2.66. The van der Waals surface area contributed by atoms with Crippen LogP contribution in [0.1, 0.15) is 44.9 Å². The molecular formula is C27H48N6O4+2. The van der Waals surface area contributed by atoms with E-state index >= 15 is 0 Å². The summed E-state index contributed by atoms with van der Waals surface area (Å²) in [7, 11) is 12.7. The SMILES string of the molecule is C[N+](C)(C)CCCN=c1c([NH2+]CCCCCCC[NH2+]c2c([O-])c(=O)c2=NCCC[N+](C)(C)C)c([O-])c1=O. The molecule has 0 aliphatic carbocycles. The highest BCUT2D eigenvalue weighted by atomic mass is 16.3. The summed E-state index contributed by atoms with van der Waals surface area (Å²) in [5.41, 5.74) is 0.0947. The Bertz CT molecular complexity index is 1070. The highest BCUT2D eigenvalue weighted by molar-refractivity contribution is 5.49. The van der Waals surface area contributed by atoms with Gasteiger partial charge in [-0.05, 0) is 25.7 Å². The Morgan fingerprint density at radius 3 is 1.30 bits per heavy atom. The van der Waals surface area contributed by atoms with Crippen molar-refractivity contribution in [3.8, 4) is 11.5 Å². The van der Waals surface area contributed by atoms with E-state index in [1.165, 1.54) is 0 Å². The normalized spacial score (nSPS) is 13.9. The number of nitrogens with zero attached hydrogens (tertiary/aromatic N) is 4. The van der Waals surface area contributed by atoms with Crippen LogP contribution in [0.15, 0.2) is 19.6 Å². The van der Waals surface area contributed by atoms with Gasteiger partial charge in [-0.1, -0.05) is 6.42 Å². The van der Waals surface area contributed by atoms with Crippen molar-refractivity contribution in [1.29, 1.82) is 0 Å². The minimum atomic E-state index is -0.449. The van der Waals surface area contributed by atoms with E-state index in [9.17, 15) is 19.8 Å². The molecule has 4 N–H and O–H groups in total. The Morgan fingerprint density at radius 1 is 0.595 bits per heavy atom. The smallest absolute Gasteiger partial charge is 0.208 e. The van der Waals surface area contributed by atoms with Crippen molar-refractivity contribution in [2.75, 3.05) is 81.6 Å². The topological polar surface area (TPSA) is 138 Å². The second kappa shape index (κ2) is 13.9. The molecule has 10 nitrogen and oxygen atoms in total. The molecule has 37 heavy (non-hydrogen) atoms. The molecular weight excluding hydrogens is 472 g/mol. The van der Waals surface area contributed by atoms with Crippen molar-refractivity contribution < 1.29 is 29.8 Å². The average Bonchev–Trinajstić information content (AvgIpc) is 2.82. The van der Waals surface area contributed by atoms with Gasteiger partial charge in [-0.15, -0.1) is 0 Å². The number of nitrogens with two attached hydrogens (primary N) is 2. The molecule has 0 amide bonds. The molecule has 0 aromatic heterocycles. The fraction of sp³-hybridized carbons (Fsp3) is 0.704. The molecule has 10 heteroatoms. The first-order valence-corrected chi connectivity index (χ1v) is 13.6. The number of hydrogen-bond acceptors (Lipinski definition) is 6. The van der Waals surface area contributed by atoms with Gasteiger partial charge in [0.15, 0.2) is 22.1 Å². The van der Waals surface area contributed by atoms with E-state index in [1.807, 2.05) is 10.6 Å². The fourth-order valence-electron chi connectivity index (χ4n) is 4.27. The van der Waals surface area contributed by atoms with Gasteiger partial charge < -0.3 is 29.8 Å². The average molecular weight is 521 g/mol. The Labute approximate surface area is 220 Å². The molecule has 0 spiro atoms. The summed E-state index contributed by atoms with van der Waals surface area (Å²) in [4.78, 5) is 32.5. The quantitative estimate of drug-likeness (QED) is 0.164. The second-order valence-corrected chi connectivity index (χ2v) is 12.1. The monoisotopic (exact) mass is 520 g/mol. The van der Waals surface area contributed by atoms with E-state index in [0.717, 1.165) is 80.1 Å². The van der Waals surface area contributed by atoms with Gasteiger partial charge in [0.2, 0.25) is 10.9 Å². The van der Waals surface area contributed by atoms with E-state index in [-0.39, 0.29) is 0 Å². The molecule has 0 atom stereocenters. The van der Waals surface area contributed by atoms with Crippen LogP contribution < -0.4 is 42.4 Å². The zero-order valence-corrected chi connectivity index (χ0v) is 23.8. The van der Waals surface area contributed by atoms with Crippen LogP contribution in [0.2, 0.25) is 0 Å². The first-order chi connectivity index (χ1) is 17.3. The summed E-state index contributed by atoms with van der Waals surface area (Å²) in [6, 6.07) is 0. The van der Waals surface area contributed by atoms with Gasteiger partial charge >= 0.3 is 0 Å². The highest BCUT2D eigenvalue weighted by Gasteiger charge is 2.16. The number of quaternary nitrogens is 4. The molecule has 0 aliphatic rings. The molecule has 0 heterocycles. The highest BCUT2D eigenvalue weighted by Crippen LogP contribution is 2.07. The van der Waals surface area contributed by atoms with Crippen LogP contribution in [0.4, 0.5) is 11.4 Å². The van der Waals surface area contributed by atoms with Crippen LogP contribution in [0.3, 0.4) is 0 Å². The van der Waals surface area contributed by atoms with Crippen molar-refractivity contribution in [3.63, 3.8) is 0 Å². The zero-order chi connectivity index (χ0) is 27.6. The lowest BCUT2D eigenvalue weighted by Crippen LogP contribution is -2.82. The van der Waals surface area contributed by atoms with Crippen molar-refractivity contribution in [1.82, 2.24) is 0 Å². The van der Waals surface area contributed by atoms with Crippen LogP contribution >= 0.6 is 0 Å². The maximum atomic E-state index is 11.9. The van der Waals surface area contributed by atoms with Crippen LogP contribution in [-0.2, 0) is 0 Å². The summed E-state index contributed by atoms with van der Waals surface area (Å²) >= 11 is 0. The second-order valence-electron chi connectivity index (χ2n) is 12.1. The van der Waals surface area contributed by atoms with Gasteiger partial charge in [0, 0.05) is 37.4 Å². The molecule has 2 aromatic carbocycles. The molecule has 2 aromatic rings. The van der Waals surface area contributed by atoms with Crippen LogP contribution in [0, 0.1) is 0 Å². The van der Waals surface area contributed by atoms with E-state index in [0.29, 0.717) is 35.2 Å². The third-order valence-corrected chi connectivity index (χ3v) is 6.46. The Morgan fingerprint density at radius 2 is 0.946 bits per heavy atom. The Hall–Kier alpha value is -2.40. The van der Waals surface area contributed by atoms with Crippen molar-refractivity contribution in [2.45, 2.75) is 44.9 Å². The minimum Gasteiger partial charge on any atom is -0.866 e.